The van der Waals surface area contributed by atoms with Gasteiger partial charge in [-0.25, -0.2) is 18.7 Å². The Labute approximate surface area is 121 Å². The third-order valence-electron chi connectivity index (χ3n) is 3.51. The zero-order valence-corrected chi connectivity index (χ0v) is 13.3. The van der Waals surface area contributed by atoms with Crippen LogP contribution in [0.5, 0.6) is 0 Å². The molecule has 1 N–H and O–H groups in total. The van der Waals surface area contributed by atoms with Crippen LogP contribution in [0.3, 0.4) is 0 Å². The molecule has 1 aliphatic heterocycles. The number of sulfone groups is 1. The van der Waals surface area contributed by atoms with Crippen molar-refractivity contribution in [3.8, 4) is 0 Å². The molecular weight excluding hydrogens is 282 g/mol. The number of unbranched alkanes of at least 4 members (excludes halogenated alkanes) is 1. The Morgan fingerprint density at radius 1 is 1.40 bits per heavy atom. The summed E-state index contributed by atoms with van der Waals surface area (Å²) < 4.78 is 28.1. The third-order valence-corrected chi connectivity index (χ3v) is 6.08. The van der Waals surface area contributed by atoms with Crippen molar-refractivity contribution in [2.75, 3.05) is 12.4 Å². The number of ether oxygens (including phenoxy) is 1. The topological polar surface area (TPSA) is 81.7 Å². The maximum atomic E-state index is 12.2. The van der Waals surface area contributed by atoms with Crippen LogP contribution >= 0.6 is 0 Å². The molecule has 1 saturated heterocycles. The molecule has 20 heavy (non-hydrogen) atoms. The molecular formula is C13H25NO5S. The van der Waals surface area contributed by atoms with Gasteiger partial charge in [0, 0.05) is 13.0 Å². The van der Waals surface area contributed by atoms with Crippen molar-refractivity contribution in [2.45, 2.75) is 63.9 Å². The van der Waals surface area contributed by atoms with Gasteiger partial charge >= 0.3 is 0 Å². The molecule has 1 rings (SSSR count). The first-order chi connectivity index (χ1) is 9.31. The van der Waals surface area contributed by atoms with E-state index >= 15 is 0 Å². The number of hydroxylamine groups is 1. The Bertz CT molecular complexity index is 412. The van der Waals surface area contributed by atoms with E-state index in [4.69, 9.17) is 9.57 Å². The van der Waals surface area contributed by atoms with Crippen molar-refractivity contribution in [3.05, 3.63) is 0 Å². The summed E-state index contributed by atoms with van der Waals surface area (Å²) in [5.74, 6) is -0.646. The van der Waals surface area contributed by atoms with E-state index in [9.17, 15) is 13.2 Å². The Kier molecular flexibility index (Phi) is 6.42. The highest BCUT2D eigenvalue weighted by molar-refractivity contribution is 7.93. The van der Waals surface area contributed by atoms with Gasteiger partial charge in [0.1, 0.15) is 4.75 Å². The molecule has 0 aromatic carbocycles. The van der Waals surface area contributed by atoms with Gasteiger partial charge in [-0.05, 0) is 33.1 Å². The molecule has 0 radical (unpaired) electrons. The van der Waals surface area contributed by atoms with Gasteiger partial charge in [-0.2, -0.15) is 0 Å². The van der Waals surface area contributed by atoms with Crippen molar-refractivity contribution in [3.63, 3.8) is 0 Å². The van der Waals surface area contributed by atoms with Crippen LogP contribution in [0.2, 0.25) is 0 Å². The number of amides is 1. The van der Waals surface area contributed by atoms with E-state index < -0.39 is 26.8 Å². The van der Waals surface area contributed by atoms with E-state index in [-0.39, 0.29) is 5.75 Å². The number of hydrogen-bond donors (Lipinski definition) is 1. The van der Waals surface area contributed by atoms with Crippen LogP contribution in [0.1, 0.15) is 52.9 Å². The van der Waals surface area contributed by atoms with Gasteiger partial charge in [0.2, 0.25) is 0 Å². The van der Waals surface area contributed by atoms with Gasteiger partial charge < -0.3 is 4.74 Å². The number of rotatable bonds is 7. The minimum absolute atomic E-state index is 0.00382. The van der Waals surface area contributed by atoms with Crippen molar-refractivity contribution in [1.82, 2.24) is 5.48 Å². The fraction of sp³-hybridized carbons (Fsp3) is 0.923. The predicted octanol–water partition coefficient (Wildman–Crippen LogP) is 1.55. The van der Waals surface area contributed by atoms with E-state index in [0.717, 1.165) is 19.3 Å². The monoisotopic (exact) mass is 307 g/mol. The molecule has 0 aromatic rings. The van der Waals surface area contributed by atoms with Gasteiger partial charge in [0.25, 0.3) is 5.91 Å². The molecule has 1 unspecified atom stereocenters. The minimum atomic E-state index is -3.51. The molecule has 0 bridgehead atoms. The van der Waals surface area contributed by atoms with Gasteiger partial charge in [-0.1, -0.05) is 13.3 Å². The first-order valence-electron chi connectivity index (χ1n) is 7.11. The number of carbonyl (C=O) groups excluding carboxylic acids is 1. The van der Waals surface area contributed by atoms with Crippen LogP contribution in [-0.2, 0) is 24.2 Å². The molecule has 6 nitrogen and oxygen atoms in total. The summed E-state index contributed by atoms with van der Waals surface area (Å²) in [7, 11) is -3.51. The second-order valence-electron chi connectivity index (χ2n) is 5.53. The van der Waals surface area contributed by atoms with Crippen LogP contribution < -0.4 is 5.48 Å². The molecule has 118 valence electrons. The van der Waals surface area contributed by atoms with Crippen molar-refractivity contribution in [1.29, 1.82) is 0 Å². The predicted molar refractivity (Wildman–Crippen MR) is 75.6 cm³/mol. The zero-order valence-electron chi connectivity index (χ0n) is 12.5. The van der Waals surface area contributed by atoms with Gasteiger partial charge in [-0.15, -0.1) is 0 Å². The fourth-order valence-electron chi connectivity index (χ4n) is 1.78. The van der Waals surface area contributed by atoms with Gasteiger partial charge in [-0.3, -0.25) is 4.79 Å². The largest absolute Gasteiger partial charge is 0.350 e. The first kappa shape index (κ1) is 17.4. The second-order valence-corrected chi connectivity index (χ2v) is 8.19. The van der Waals surface area contributed by atoms with Crippen LogP contribution in [-0.4, -0.2) is 37.7 Å². The summed E-state index contributed by atoms with van der Waals surface area (Å²) in [6.07, 6.45) is 3.48. The Morgan fingerprint density at radius 2 is 2.10 bits per heavy atom. The Balaban J connectivity index is 2.55. The van der Waals surface area contributed by atoms with Gasteiger partial charge in [0.15, 0.2) is 16.1 Å². The molecule has 1 fully saturated rings. The Morgan fingerprint density at radius 3 is 2.65 bits per heavy atom. The SMILES string of the molecule is CCCCS(=O)(=O)C(C)(C)C(=O)NOC1CCCCO1. The van der Waals surface area contributed by atoms with E-state index in [0.29, 0.717) is 19.4 Å². The summed E-state index contributed by atoms with van der Waals surface area (Å²) >= 11 is 0. The molecule has 1 amide bonds. The lowest BCUT2D eigenvalue weighted by Gasteiger charge is -2.26. The Hall–Kier alpha value is -0.660. The van der Waals surface area contributed by atoms with E-state index in [1.165, 1.54) is 13.8 Å². The maximum Gasteiger partial charge on any atom is 0.264 e. The third kappa shape index (κ3) is 4.43. The zero-order chi connectivity index (χ0) is 15.2. The molecule has 0 aromatic heterocycles. The van der Waals surface area contributed by atoms with E-state index in [2.05, 4.69) is 5.48 Å². The molecule has 1 heterocycles. The van der Waals surface area contributed by atoms with Crippen molar-refractivity contribution in [2.24, 2.45) is 0 Å². The standard InChI is InChI=1S/C13H25NO5S/c1-4-5-10-20(16,17)13(2,3)12(15)14-19-11-8-6-7-9-18-11/h11H,4-10H2,1-3H3,(H,14,15). The molecule has 1 aliphatic rings. The lowest BCUT2D eigenvalue weighted by molar-refractivity contribution is -0.201. The summed E-state index contributed by atoms with van der Waals surface area (Å²) in [5, 5.41) is 0. The molecule has 0 spiro atoms. The normalized spacial score (nSPS) is 20.6. The smallest absolute Gasteiger partial charge is 0.264 e. The highest BCUT2D eigenvalue weighted by Crippen LogP contribution is 2.20. The quantitative estimate of drug-likeness (QED) is 0.722. The molecule has 0 aliphatic carbocycles. The second kappa shape index (κ2) is 7.38. The van der Waals surface area contributed by atoms with Gasteiger partial charge in [0.05, 0.1) is 5.75 Å². The minimum Gasteiger partial charge on any atom is -0.350 e. The average Bonchev–Trinajstić information content (AvgIpc) is 2.43. The van der Waals surface area contributed by atoms with Crippen LogP contribution in [0.25, 0.3) is 0 Å². The maximum absolute atomic E-state index is 12.2. The average molecular weight is 307 g/mol. The van der Waals surface area contributed by atoms with Crippen LogP contribution in [0.15, 0.2) is 0 Å². The van der Waals surface area contributed by atoms with Crippen LogP contribution in [0.4, 0.5) is 0 Å². The highest BCUT2D eigenvalue weighted by Gasteiger charge is 2.41. The van der Waals surface area contributed by atoms with E-state index in [1.54, 1.807) is 0 Å². The van der Waals surface area contributed by atoms with Crippen LogP contribution in [0, 0.1) is 0 Å². The van der Waals surface area contributed by atoms with Crippen molar-refractivity contribution >= 4 is 15.7 Å². The molecule has 0 saturated carbocycles. The number of hydrogen-bond acceptors (Lipinski definition) is 5. The lowest BCUT2D eigenvalue weighted by Crippen LogP contribution is -2.50. The number of nitrogens with one attached hydrogen (secondary N) is 1. The number of carbonyl (C=O) groups is 1. The summed E-state index contributed by atoms with van der Waals surface area (Å²) in [6, 6.07) is 0. The summed E-state index contributed by atoms with van der Waals surface area (Å²) in [4.78, 5) is 17.2. The van der Waals surface area contributed by atoms with Crippen molar-refractivity contribution < 1.29 is 22.8 Å². The highest BCUT2D eigenvalue weighted by atomic mass is 32.2. The van der Waals surface area contributed by atoms with E-state index in [1.807, 2.05) is 6.92 Å². The summed E-state index contributed by atoms with van der Waals surface area (Å²) in [5.41, 5.74) is 2.23. The lowest BCUT2D eigenvalue weighted by atomic mass is 10.2. The fourth-order valence-corrected chi connectivity index (χ4v) is 3.28. The first-order valence-corrected chi connectivity index (χ1v) is 8.76. The summed E-state index contributed by atoms with van der Waals surface area (Å²) in [6.45, 7) is 5.31. The molecule has 1 atom stereocenters. The molecule has 7 heteroatoms.